The number of rotatable bonds is 8. The second-order valence-corrected chi connectivity index (χ2v) is 6.32. The molecule has 1 aromatic carbocycles. The third-order valence-corrected chi connectivity index (χ3v) is 4.52. The maximum Gasteiger partial charge on any atom is 0.199 e. The molecular formula is C19H28N2O2. The van der Waals surface area contributed by atoms with E-state index >= 15 is 0 Å². The van der Waals surface area contributed by atoms with Gasteiger partial charge in [-0.3, -0.25) is 0 Å². The van der Waals surface area contributed by atoms with Crippen molar-refractivity contribution >= 4 is 0 Å². The van der Waals surface area contributed by atoms with Gasteiger partial charge in [-0.2, -0.15) is 5.26 Å². The summed E-state index contributed by atoms with van der Waals surface area (Å²) < 4.78 is 11.8. The average molecular weight is 316 g/mol. The van der Waals surface area contributed by atoms with Crippen molar-refractivity contribution in [3.63, 3.8) is 0 Å². The lowest BCUT2D eigenvalue weighted by molar-refractivity contribution is -0.106. The standard InChI is InChI=1S/C19H28N2O2/c1-15(8-3-5-12-21-14-20)17-9-7-10-18(16(17)2)23-19-11-4-6-13-22-19/h7,9-10,15,19,21H,3-6,8,11-13H2,1-2H3/t15-,19?/m0/s1. The fraction of sp³-hybridized carbons (Fsp3) is 0.632. The third-order valence-electron chi connectivity index (χ3n) is 4.52. The van der Waals surface area contributed by atoms with Crippen LogP contribution in [0.1, 0.15) is 62.5 Å². The molecule has 0 aromatic heterocycles. The fourth-order valence-corrected chi connectivity index (χ4v) is 3.11. The normalized spacial score (nSPS) is 18.9. The smallest absolute Gasteiger partial charge is 0.199 e. The summed E-state index contributed by atoms with van der Waals surface area (Å²) in [6.07, 6.45) is 8.43. The summed E-state index contributed by atoms with van der Waals surface area (Å²) in [7, 11) is 0. The van der Waals surface area contributed by atoms with Crippen molar-refractivity contribution in [1.29, 1.82) is 5.26 Å². The van der Waals surface area contributed by atoms with Gasteiger partial charge in [-0.05, 0) is 55.7 Å². The molecule has 1 fully saturated rings. The van der Waals surface area contributed by atoms with Gasteiger partial charge >= 0.3 is 0 Å². The van der Waals surface area contributed by atoms with Crippen LogP contribution in [0.25, 0.3) is 0 Å². The Morgan fingerprint density at radius 1 is 1.39 bits per heavy atom. The predicted molar refractivity (Wildman–Crippen MR) is 91.3 cm³/mol. The Morgan fingerprint density at radius 2 is 2.26 bits per heavy atom. The molecule has 4 heteroatoms. The van der Waals surface area contributed by atoms with E-state index in [0.717, 1.165) is 51.0 Å². The van der Waals surface area contributed by atoms with Crippen LogP contribution in [0, 0.1) is 18.4 Å². The number of nitriles is 1. The highest BCUT2D eigenvalue weighted by Crippen LogP contribution is 2.31. The number of unbranched alkanes of at least 4 members (excludes halogenated alkanes) is 1. The zero-order valence-electron chi connectivity index (χ0n) is 14.3. The quantitative estimate of drug-likeness (QED) is 0.443. The van der Waals surface area contributed by atoms with Gasteiger partial charge in [0.15, 0.2) is 12.5 Å². The number of hydrogen-bond acceptors (Lipinski definition) is 4. The van der Waals surface area contributed by atoms with E-state index in [1.165, 1.54) is 17.5 Å². The van der Waals surface area contributed by atoms with Crippen LogP contribution in [-0.4, -0.2) is 19.4 Å². The van der Waals surface area contributed by atoms with Crippen LogP contribution in [0.4, 0.5) is 0 Å². The molecule has 1 unspecified atom stereocenters. The van der Waals surface area contributed by atoms with Gasteiger partial charge in [0, 0.05) is 13.0 Å². The van der Waals surface area contributed by atoms with Crippen molar-refractivity contribution in [3.05, 3.63) is 29.3 Å². The first-order valence-corrected chi connectivity index (χ1v) is 8.72. The van der Waals surface area contributed by atoms with Crippen LogP contribution in [-0.2, 0) is 4.74 Å². The van der Waals surface area contributed by atoms with Crippen molar-refractivity contribution in [2.45, 2.75) is 64.6 Å². The van der Waals surface area contributed by atoms with Gasteiger partial charge < -0.3 is 14.8 Å². The molecule has 0 radical (unpaired) electrons. The number of benzene rings is 1. The first-order chi connectivity index (χ1) is 11.2. The fourth-order valence-electron chi connectivity index (χ4n) is 3.11. The minimum Gasteiger partial charge on any atom is -0.465 e. The van der Waals surface area contributed by atoms with Gasteiger partial charge in [0.25, 0.3) is 0 Å². The highest BCUT2D eigenvalue weighted by atomic mass is 16.7. The van der Waals surface area contributed by atoms with Crippen LogP contribution < -0.4 is 10.1 Å². The Bertz CT molecular complexity index is 519. The topological polar surface area (TPSA) is 54.3 Å². The summed E-state index contributed by atoms with van der Waals surface area (Å²) in [5.41, 5.74) is 2.58. The molecule has 1 aliphatic rings. The third kappa shape index (κ3) is 5.44. The average Bonchev–Trinajstić information content (AvgIpc) is 2.57. The van der Waals surface area contributed by atoms with E-state index in [2.05, 4.69) is 31.3 Å². The molecule has 1 N–H and O–H groups in total. The van der Waals surface area contributed by atoms with E-state index in [-0.39, 0.29) is 6.29 Å². The van der Waals surface area contributed by atoms with Crippen LogP contribution in [0.2, 0.25) is 0 Å². The van der Waals surface area contributed by atoms with Crippen LogP contribution >= 0.6 is 0 Å². The van der Waals surface area contributed by atoms with Crippen molar-refractivity contribution < 1.29 is 9.47 Å². The summed E-state index contributed by atoms with van der Waals surface area (Å²) in [4.78, 5) is 0. The number of hydrogen-bond donors (Lipinski definition) is 1. The van der Waals surface area contributed by atoms with Crippen molar-refractivity contribution in [2.75, 3.05) is 13.2 Å². The molecule has 2 rings (SSSR count). The molecule has 2 atom stereocenters. The van der Waals surface area contributed by atoms with Crippen LogP contribution in [0.3, 0.4) is 0 Å². The largest absolute Gasteiger partial charge is 0.465 e. The van der Waals surface area contributed by atoms with Gasteiger partial charge in [-0.1, -0.05) is 25.5 Å². The lowest BCUT2D eigenvalue weighted by Gasteiger charge is -2.25. The summed E-state index contributed by atoms with van der Waals surface area (Å²) in [5.74, 6) is 1.44. The first kappa shape index (κ1) is 17.6. The highest BCUT2D eigenvalue weighted by Gasteiger charge is 2.18. The molecule has 4 nitrogen and oxygen atoms in total. The van der Waals surface area contributed by atoms with E-state index in [9.17, 15) is 0 Å². The minimum atomic E-state index is -0.0925. The molecule has 1 heterocycles. The number of nitrogens with zero attached hydrogens (tertiary/aromatic N) is 1. The maximum atomic E-state index is 8.47. The van der Waals surface area contributed by atoms with Crippen LogP contribution in [0.15, 0.2) is 18.2 Å². The molecule has 23 heavy (non-hydrogen) atoms. The second-order valence-electron chi connectivity index (χ2n) is 6.32. The summed E-state index contributed by atoms with van der Waals surface area (Å²) >= 11 is 0. The molecule has 0 amide bonds. The zero-order valence-corrected chi connectivity index (χ0v) is 14.3. The van der Waals surface area contributed by atoms with E-state index in [1.54, 1.807) is 0 Å². The number of ether oxygens (including phenoxy) is 2. The Balaban J connectivity index is 1.91. The van der Waals surface area contributed by atoms with Gasteiger partial charge in [0.1, 0.15) is 5.75 Å². The molecule has 0 bridgehead atoms. The van der Waals surface area contributed by atoms with Gasteiger partial charge in [-0.25, -0.2) is 0 Å². The summed E-state index contributed by atoms with van der Waals surface area (Å²) in [6, 6.07) is 6.32. The Kier molecular flexibility index (Phi) is 7.22. The molecule has 1 saturated heterocycles. The van der Waals surface area contributed by atoms with Crippen molar-refractivity contribution in [1.82, 2.24) is 5.32 Å². The van der Waals surface area contributed by atoms with Crippen molar-refractivity contribution in [3.8, 4) is 11.9 Å². The maximum absolute atomic E-state index is 8.47. The van der Waals surface area contributed by atoms with Gasteiger partial charge in [0.2, 0.25) is 0 Å². The Labute approximate surface area is 139 Å². The molecule has 1 aromatic rings. The van der Waals surface area contributed by atoms with Gasteiger partial charge in [0.05, 0.1) is 6.61 Å². The Morgan fingerprint density at radius 3 is 3.00 bits per heavy atom. The highest BCUT2D eigenvalue weighted by molar-refractivity contribution is 5.41. The molecule has 1 aliphatic heterocycles. The van der Waals surface area contributed by atoms with E-state index in [1.807, 2.05) is 12.3 Å². The Hall–Kier alpha value is -1.73. The summed E-state index contributed by atoms with van der Waals surface area (Å²) in [6.45, 7) is 5.98. The second kappa shape index (κ2) is 9.42. The lowest BCUT2D eigenvalue weighted by atomic mass is 9.91. The molecular weight excluding hydrogens is 288 g/mol. The first-order valence-electron chi connectivity index (χ1n) is 8.72. The molecule has 0 spiro atoms. The molecule has 0 saturated carbocycles. The van der Waals surface area contributed by atoms with E-state index in [4.69, 9.17) is 14.7 Å². The molecule has 126 valence electrons. The lowest BCUT2D eigenvalue weighted by Crippen LogP contribution is -2.25. The van der Waals surface area contributed by atoms with Gasteiger partial charge in [-0.15, -0.1) is 0 Å². The van der Waals surface area contributed by atoms with E-state index < -0.39 is 0 Å². The minimum absolute atomic E-state index is 0.0925. The van der Waals surface area contributed by atoms with E-state index in [0.29, 0.717) is 5.92 Å². The van der Waals surface area contributed by atoms with Crippen molar-refractivity contribution in [2.24, 2.45) is 0 Å². The SMILES string of the molecule is Cc1c(OC2CCCCO2)cccc1[C@@H](C)CCCCNC#N. The number of nitrogens with one attached hydrogen (secondary N) is 1. The summed E-state index contributed by atoms with van der Waals surface area (Å²) in [5, 5.41) is 11.2. The predicted octanol–water partition coefficient (Wildman–Crippen LogP) is 4.24. The monoisotopic (exact) mass is 316 g/mol. The molecule has 0 aliphatic carbocycles. The van der Waals surface area contributed by atoms with Crippen LogP contribution in [0.5, 0.6) is 5.75 Å². The zero-order chi connectivity index (χ0) is 16.5.